The lowest BCUT2D eigenvalue weighted by atomic mass is 10.3. The molecule has 0 aliphatic carbocycles. The maximum atomic E-state index is 5.71. The third-order valence-electron chi connectivity index (χ3n) is 1.92. The van der Waals surface area contributed by atoms with Crippen molar-refractivity contribution in [3.05, 3.63) is 0 Å². The molecule has 0 saturated carbocycles. The molecule has 5 heteroatoms. The first-order valence-electron chi connectivity index (χ1n) is 3.80. The van der Waals surface area contributed by atoms with E-state index in [0.717, 1.165) is 32.7 Å². The molecule has 0 unspecified atom stereocenters. The van der Waals surface area contributed by atoms with Gasteiger partial charge in [-0.25, -0.2) is 0 Å². The van der Waals surface area contributed by atoms with Crippen molar-refractivity contribution >= 4 is 24.8 Å². The van der Waals surface area contributed by atoms with Crippen LogP contribution in [0.4, 0.5) is 0 Å². The van der Waals surface area contributed by atoms with E-state index in [9.17, 15) is 0 Å². The Morgan fingerprint density at radius 2 is 2.17 bits per heavy atom. The summed E-state index contributed by atoms with van der Waals surface area (Å²) in [6.45, 7) is 4.05. The van der Waals surface area contributed by atoms with Crippen molar-refractivity contribution in [1.82, 2.24) is 4.90 Å². The minimum Gasteiger partial charge on any atom is -0.383 e. The number of likely N-dealkylation sites (tertiary alicyclic amines) is 1. The fourth-order valence-corrected chi connectivity index (χ4v) is 1.29. The molecular weight excluding hydrogens is 199 g/mol. The second-order valence-corrected chi connectivity index (χ2v) is 2.84. The van der Waals surface area contributed by atoms with Crippen LogP contribution >= 0.6 is 24.8 Å². The summed E-state index contributed by atoms with van der Waals surface area (Å²) in [5, 5.41) is 0. The Morgan fingerprint density at radius 1 is 1.50 bits per heavy atom. The summed E-state index contributed by atoms with van der Waals surface area (Å²) in [6, 6.07) is 0.400. The minimum atomic E-state index is 0. The summed E-state index contributed by atoms with van der Waals surface area (Å²) in [6.07, 6.45) is 1.14. The van der Waals surface area contributed by atoms with Gasteiger partial charge in [0.1, 0.15) is 0 Å². The average Bonchev–Trinajstić information content (AvgIpc) is 2.31. The predicted octanol–water partition coefficient (Wildman–Crippen LogP) is 0.509. The topological polar surface area (TPSA) is 38.5 Å². The maximum Gasteiger partial charge on any atom is 0.0589 e. The van der Waals surface area contributed by atoms with Crippen molar-refractivity contribution in [1.29, 1.82) is 0 Å². The number of hydrogen-bond donors (Lipinski definition) is 1. The van der Waals surface area contributed by atoms with Crippen molar-refractivity contribution in [3.63, 3.8) is 0 Å². The first-order chi connectivity index (χ1) is 4.83. The summed E-state index contributed by atoms with van der Waals surface area (Å²) in [5.41, 5.74) is 5.71. The zero-order valence-electron chi connectivity index (χ0n) is 7.36. The van der Waals surface area contributed by atoms with Gasteiger partial charge in [0, 0.05) is 26.2 Å². The highest BCUT2D eigenvalue weighted by atomic mass is 35.5. The second kappa shape index (κ2) is 8.08. The first-order valence-corrected chi connectivity index (χ1v) is 3.80. The van der Waals surface area contributed by atoms with Gasteiger partial charge in [-0.15, -0.1) is 24.8 Å². The largest absolute Gasteiger partial charge is 0.383 e. The van der Waals surface area contributed by atoms with E-state index >= 15 is 0 Å². The Labute approximate surface area is 86.4 Å². The highest BCUT2D eigenvalue weighted by molar-refractivity contribution is 5.85. The monoisotopic (exact) mass is 216 g/mol. The van der Waals surface area contributed by atoms with Crippen LogP contribution in [0.25, 0.3) is 0 Å². The van der Waals surface area contributed by atoms with Crippen LogP contribution in [0.1, 0.15) is 6.42 Å². The van der Waals surface area contributed by atoms with Gasteiger partial charge in [0.25, 0.3) is 0 Å². The summed E-state index contributed by atoms with van der Waals surface area (Å²) in [7, 11) is 1.73. The SMILES string of the molecule is COCCN1CC[C@H](N)C1.Cl.Cl. The van der Waals surface area contributed by atoms with Gasteiger partial charge < -0.3 is 10.5 Å². The molecule has 0 aromatic rings. The van der Waals surface area contributed by atoms with Crippen LogP contribution in [0.5, 0.6) is 0 Å². The summed E-state index contributed by atoms with van der Waals surface area (Å²) < 4.78 is 4.96. The van der Waals surface area contributed by atoms with Crippen LogP contribution in [0.2, 0.25) is 0 Å². The number of nitrogens with two attached hydrogens (primary N) is 1. The van der Waals surface area contributed by atoms with Gasteiger partial charge in [0.2, 0.25) is 0 Å². The van der Waals surface area contributed by atoms with Gasteiger partial charge in [-0.3, -0.25) is 4.90 Å². The van der Waals surface area contributed by atoms with E-state index in [1.54, 1.807) is 7.11 Å². The normalized spacial score (nSPS) is 23.0. The Bertz CT molecular complexity index is 105. The molecule has 0 aromatic carbocycles. The molecule has 0 spiro atoms. The van der Waals surface area contributed by atoms with Gasteiger partial charge in [-0.2, -0.15) is 0 Å². The van der Waals surface area contributed by atoms with Gasteiger partial charge in [0.05, 0.1) is 6.61 Å². The molecule has 1 fully saturated rings. The molecule has 1 atom stereocenters. The Balaban J connectivity index is 0. The van der Waals surface area contributed by atoms with E-state index in [2.05, 4.69) is 4.90 Å². The number of methoxy groups -OCH3 is 1. The molecule has 0 aromatic heterocycles. The van der Waals surface area contributed by atoms with Crippen LogP contribution in [0.15, 0.2) is 0 Å². The molecule has 0 amide bonds. The van der Waals surface area contributed by atoms with E-state index in [4.69, 9.17) is 10.5 Å². The standard InChI is InChI=1S/C7H16N2O.2ClH/c1-10-5-4-9-3-2-7(8)6-9;;/h7H,2-6,8H2,1H3;2*1H/t7-;;/m0../s1. The van der Waals surface area contributed by atoms with Crippen LogP contribution in [-0.4, -0.2) is 44.3 Å². The van der Waals surface area contributed by atoms with Crippen LogP contribution < -0.4 is 5.73 Å². The summed E-state index contributed by atoms with van der Waals surface area (Å²) >= 11 is 0. The molecule has 3 nitrogen and oxygen atoms in total. The molecule has 76 valence electrons. The zero-order chi connectivity index (χ0) is 7.40. The van der Waals surface area contributed by atoms with Crippen molar-refractivity contribution in [2.24, 2.45) is 5.73 Å². The van der Waals surface area contributed by atoms with E-state index in [1.165, 1.54) is 0 Å². The van der Waals surface area contributed by atoms with Gasteiger partial charge in [0.15, 0.2) is 0 Å². The van der Waals surface area contributed by atoms with E-state index < -0.39 is 0 Å². The molecule has 2 N–H and O–H groups in total. The smallest absolute Gasteiger partial charge is 0.0589 e. The fourth-order valence-electron chi connectivity index (χ4n) is 1.29. The van der Waals surface area contributed by atoms with Gasteiger partial charge in [-0.1, -0.05) is 0 Å². The molecule has 0 radical (unpaired) electrons. The molecule has 1 aliphatic rings. The lowest BCUT2D eigenvalue weighted by molar-refractivity contribution is 0.160. The number of hydrogen-bond acceptors (Lipinski definition) is 3. The number of halogens is 2. The minimum absolute atomic E-state index is 0. The van der Waals surface area contributed by atoms with Gasteiger partial charge in [-0.05, 0) is 13.0 Å². The lowest BCUT2D eigenvalue weighted by Gasteiger charge is -2.13. The van der Waals surface area contributed by atoms with Crippen LogP contribution in [-0.2, 0) is 4.74 Å². The highest BCUT2D eigenvalue weighted by Crippen LogP contribution is 2.05. The molecule has 0 bridgehead atoms. The van der Waals surface area contributed by atoms with Crippen molar-refractivity contribution < 1.29 is 4.74 Å². The number of rotatable bonds is 3. The zero-order valence-corrected chi connectivity index (χ0v) is 9.00. The predicted molar refractivity (Wildman–Crippen MR) is 55.4 cm³/mol. The lowest BCUT2D eigenvalue weighted by Crippen LogP contribution is -2.28. The van der Waals surface area contributed by atoms with Crippen LogP contribution in [0.3, 0.4) is 0 Å². The average molecular weight is 217 g/mol. The molecule has 1 rings (SSSR count). The first kappa shape index (κ1) is 15.0. The number of nitrogens with zero attached hydrogens (tertiary/aromatic N) is 1. The molecular formula is C7H18Cl2N2O. The third-order valence-corrected chi connectivity index (χ3v) is 1.92. The van der Waals surface area contributed by atoms with Crippen LogP contribution in [0, 0.1) is 0 Å². The maximum absolute atomic E-state index is 5.71. The Kier molecular flexibility index (Phi) is 10.1. The van der Waals surface area contributed by atoms with Crippen molar-refractivity contribution in [3.8, 4) is 0 Å². The Morgan fingerprint density at radius 3 is 2.58 bits per heavy atom. The highest BCUT2D eigenvalue weighted by Gasteiger charge is 2.17. The third kappa shape index (κ3) is 5.17. The molecule has 1 saturated heterocycles. The van der Waals surface area contributed by atoms with Gasteiger partial charge >= 0.3 is 0 Å². The summed E-state index contributed by atoms with van der Waals surface area (Å²) in [5.74, 6) is 0. The van der Waals surface area contributed by atoms with E-state index in [1.807, 2.05) is 0 Å². The second-order valence-electron chi connectivity index (χ2n) is 2.84. The van der Waals surface area contributed by atoms with E-state index in [0.29, 0.717) is 6.04 Å². The molecule has 1 aliphatic heterocycles. The van der Waals surface area contributed by atoms with Crippen molar-refractivity contribution in [2.45, 2.75) is 12.5 Å². The van der Waals surface area contributed by atoms with Crippen molar-refractivity contribution in [2.75, 3.05) is 33.4 Å². The molecule has 12 heavy (non-hydrogen) atoms. The Hall–Kier alpha value is 0.460. The molecule has 1 heterocycles. The van der Waals surface area contributed by atoms with E-state index in [-0.39, 0.29) is 24.8 Å². The fraction of sp³-hybridized carbons (Fsp3) is 1.00. The summed E-state index contributed by atoms with van der Waals surface area (Å²) in [4.78, 5) is 2.34. The quantitative estimate of drug-likeness (QED) is 0.748. The number of ether oxygens (including phenoxy) is 1.